The molecule has 0 bridgehead atoms. The quantitative estimate of drug-likeness (QED) is 0.654. The Bertz CT molecular complexity index is 374. The lowest BCUT2D eigenvalue weighted by molar-refractivity contribution is 0.0645. The minimum atomic E-state index is -1.40. The number of aliphatic hydroxyl groups is 1. The van der Waals surface area contributed by atoms with E-state index in [0.717, 1.165) is 31.5 Å². The summed E-state index contributed by atoms with van der Waals surface area (Å²) in [6.07, 6.45) is 1.51. The van der Waals surface area contributed by atoms with Crippen molar-refractivity contribution >= 4 is 12.6 Å². The number of hydrogen-bond acceptors (Lipinski definition) is 4. The van der Waals surface area contributed by atoms with E-state index < -0.39 is 7.12 Å². The Morgan fingerprint density at radius 1 is 1.17 bits per heavy atom. The fourth-order valence-corrected chi connectivity index (χ4v) is 2.43. The molecule has 0 saturated carbocycles. The smallest absolute Gasteiger partial charge is 0.423 e. The van der Waals surface area contributed by atoms with Gasteiger partial charge < -0.3 is 15.2 Å². The van der Waals surface area contributed by atoms with Gasteiger partial charge in [0.25, 0.3) is 0 Å². The maximum atomic E-state index is 9.49. The Balaban J connectivity index is 2.02. The summed E-state index contributed by atoms with van der Waals surface area (Å²) in [5.74, 6) is 0. The number of nitrogens with zero attached hydrogens (tertiary/aromatic N) is 1. The van der Waals surface area contributed by atoms with Crippen LogP contribution < -0.4 is 5.46 Å². The third-order valence-electron chi connectivity index (χ3n) is 3.76. The molecule has 0 spiro atoms. The second-order valence-corrected chi connectivity index (χ2v) is 4.98. The maximum Gasteiger partial charge on any atom is 0.488 e. The molecule has 18 heavy (non-hydrogen) atoms. The van der Waals surface area contributed by atoms with Gasteiger partial charge in [0.1, 0.15) is 0 Å². The van der Waals surface area contributed by atoms with Gasteiger partial charge >= 0.3 is 7.12 Å². The molecular weight excluding hydrogens is 229 g/mol. The Morgan fingerprint density at radius 3 is 2.22 bits per heavy atom. The Morgan fingerprint density at radius 2 is 1.72 bits per heavy atom. The van der Waals surface area contributed by atoms with E-state index in [1.807, 2.05) is 12.1 Å². The van der Waals surface area contributed by atoms with E-state index >= 15 is 0 Å². The zero-order valence-corrected chi connectivity index (χ0v) is 10.7. The molecule has 1 atom stereocenters. The third kappa shape index (κ3) is 3.11. The van der Waals surface area contributed by atoms with Crippen molar-refractivity contribution in [2.45, 2.75) is 31.9 Å². The second-order valence-electron chi connectivity index (χ2n) is 4.98. The van der Waals surface area contributed by atoms with Crippen LogP contribution in [0.1, 0.15) is 31.4 Å². The zero-order valence-electron chi connectivity index (χ0n) is 10.7. The lowest BCUT2D eigenvalue weighted by Gasteiger charge is -2.34. The average molecular weight is 249 g/mol. The highest BCUT2D eigenvalue weighted by molar-refractivity contribution is 6.58. The van der Waals surface area contributed by atoms with Crippen LogP contribution in [-0.4, -0.2) is 46.4 Å². The zero-order chi connectivity index (χ0) is 13.1. The molecule has 98 valence electrons. The van der Waals surface area contributed by atoms with Gasteiger partial charge in [-0.25, -0.2) is 0 Å². The first-order valence-corrected chi connectivity index (χ1v) is 6.46. The molecule has 1 aliphatic rings. The Labute approximate surface area is 108 Å². The number of rotatable bonds is 3. The topological polar surface area (TPSA) is 63.9 Å². The highest BCUT2D eigenvalue weighted by Crippen LogP contribution is 2.23. The van der Waals surface area contributed by atoms with Crippen LogP contribution in [0.5, 0.6) is 0 Å². The number of likely N-dealkylation sites (tertiary alicyclic amines) is 1. The minimum absolute atomic E-state index is 0.152. The molecule has 1 saturated heterocycles. The number of piperidine rings is 1. The first-order chi connectivity index (χ1) is 8.58. The number of benzene rings is 1. The van der Waals surface area contributed by atoms with Crippen LogP contribution in [0.2, 0.25) is 0 Å². The molecule has 4 nitrogen and oxygen atoms in total. The summed E-state index contributed by atoms with van der Waals surface area (Å²) >= 11 is 0. The van der Waals surface area contributed by atoms with Gasteiger partial charge in [-0.15, -0.1) is 0 Å². The van der Waals surface area contributed by atoms with Gasteiger partial charge in [-0.05, 0) is 30.8 Å². The van der Waals surface area contributed by atoms with Gasteiger partial charge in [0, 0.05) is 19.1 Å². The lowest BCUT2D eigenvalue weighted by Crippen LogP contribution is -2.37. The first kappa shape index (κ1) is 13.6. The Hall–Kier alpha value is -0.875. The van der Waals surface area contributed by atoms with E-state index in [0.29, 0.717) is 11.5 Å². The van der Waals surface area contributed by atoms with Crippen molar-refractivity contribution in [3.63, 3.8) is 0 Å². The second kappa shape index (κ2) is 5.84. The predicted molar refractivity (Wildman–Crippen MR) is 71.5 cm³/mol. The maximum absolute atomic E-state index is 9.49. The molecule has 1 heterocycles. The van der Waals surface area contributed by atoms with Gasteiger partial charge in [0.05, 0.1) is 6.10 Å². The van der Waals surface area contributed by atoms with Crippen molar-refractivity contribution in [3.05, 3.63) is 29.8 Å². The molecule has 3 N–H and O–H groups in total. The van der Waals surface area contributed by atoms with Crippen molar-refractivity contribution < 1.29 is 15.2 Å². The summed E-state index contributed by atoms with van der Waals surface area (Å²) < 4.78 is 0. The van der Waals surface area contributed by atoms with Crippen molar-refractivity contribution in [1.82, 2.24) is 4.90 Å². The molecular formula is C13H20BNO3. The molecule has 1 aromatic rings. The lowest BCUT2D eigenvalue weighted by atomic mass is 9.80. The van der Waals surface area contributed by atoms with E-state index in [9.17, 15) is 5.11 Å². The summed E-state index contributed by atoms with van der Waals surface area (Å²) in [5.41, 5.74) is 1.68. The highest BCUT2D eigenvalue weighted by Gasteiger charge is 2.22. The van der Waals surface area contributed by atoms with E-state index in [-0.39, 0.29) is 6.10 Å². The van der Waals surface area contributed by atoms with Crippen molar-refractivity contribution in [2.75, 3.05) is 13.1 Å². The van der Waals surface area contributed by atoms with Gasteiger partial charge in [-0.3, -0.25) is 4.90 Å². The van der Waals surface area contributed by atoms with Crippen LogP contribution in [0.15, 0.2) is 24.3 Å². The number of aliphatic hydroxyl groups excluding tert-OH is 1. The van der Waals surface area contributed by atoms with Gasteiger partial charge in [0.15, 0.2) is 0 Å². The fraction of sp³-hybridized carbons (Fsp3) is 0.538. The molecule has 1 fully saturated rings. The van der Waals surface area contributed by atoms with Crippen molar-refractivity contribution in [1.29, 1.82) is 0 Å². The monoisotopic (exact) mass is 249 g/mol. The molecule has 0 unspecified atom stereocenters. The molecule has 1 aromatic carbocycles. The summed E-state index contributed by atoms with van der Waals surface area (Å²) in [5, 5.41) is 27.6. The van der Waals surface area contributed by atoms with Gasteiger partial charge in [-0.2, -0.15) is 0 Å². The SMILES string of the molecule is C[C@H](c1ccc(B(O)O)cc1)N1CCC(O)CC1. The summed E-state index contributed by atoms with van der Waals surface area (Å²) in [6, 6.07) is 7.65. The molecule has 2 rings (SSSR count). The van der Waals surface area contributed by atoms with Crippen molar-refractivity contribution in [2.24, 2.45) is 0 Å². The average Bonchev–Trinajstić information content (AvgIpc) is 2.39. The predicted octanol–water partition coefficient (Wildman–Crippen LogP) is -0.116. The first-order valence-electron chi connectivity index (χ1n) is 6.46. The van der Waals surface area contributed by atoms with Crippen LogP contribution in [0, 0.1) is 0 Å². The van der Waals surface area contributed by atoms with E-state index in [4.69, 9.17) is 10.0 Å². The minimum Gasteiger partial charge on any atom is -0.423 e. The van der Waals surface area contributed by atoms with Crippen LogP contribution in [0.25, 0.3) is 0 Å². The molecule has 1 aliphatic heterocycles. The van der Waals surface area contributed by atoms with Gasteiger partial charge in [-0.1, -0.05) is 24.3 Å². The highest BCUT2D eigenvalue weighted by atomic mass is 16.4. The molecule has 5 heteroatoms. The fourth-order valence-electron chi connectivity index (χ4n) is 2.43. The number of hydrogen-bond donors (Lipinski definition) is 3. The van der Waals surface area contributed by atoms with Gasteiger partial charge in [0.2, 0.25) is 0 Å². The summed E-state index contributed by atoms with van der Waals surface area (Å²) in [7, 11) is -1.40. The van der Waals surface area contributed by atoms with Crippen LogP contribution in [-0.2, 0) is 0 Å². The van der Waals surface area contributed by atoms with Crippen molar-refractivity contribution in [3.8, 4) is 0 Å². The molecule has 0 aromatic heterocycles. The van der Waals surface area contributed by atoms with Crippen LogP contribution in [0.4, 0.5) is 0 Å². The third-order valence-corrected chi connectivity index (χ3v) is 3.76. The van der Waals surface area contributed by atoms with E-state index in [1.54, 1.807) is 12.1 Å². The normalized spacial score (nSPS) is 19.8. The molecule has 0 aliphatic carbocycles. The van der Waals surface area contributed by atoms with E-state index in [2.05, 4.69) is 11.8 Å². The standard InChI is InChI=1S/C13H20BNO3/c1-10(15-8-6-13(16)7-9-15)11-2-4-12(5-3-11)14(17)18/h2-5,10,13,16-18H,6-9H2,1H3/t10-/m1/s1. The van der Waals surface area contributed by atoms with Crippen LogP contribution >= 0.6 is 0 Å². The van der Waals surface area contributed by atoms with E-state index in [1.165, 1.54) is 0 Å². The summed E-state index contributed by atoms with van der Waals surface area (Å²) in [4.78, 5) is 2.34. The molecule has 0 amide bonds. The largest absolute Gasteiger partial charge is 0.488 e. The Kier molecular flexibility index (Phi) is 4.40. The molecule has 0 radical (unpaired) electrons. The summed E-state index contributed by atoms with van der Waals surface area (Å²) in [6.45, 7) is 3.96. The van der Waals surface area contributed by atoms with Crippen LogP contribution in [0.3, 0.4) is 0 Å².